The minimum atomic E-state index is 0.235. The molecule has 0 radical (unpaired) electrons. The van der Waals surface area contributed by atoms with E-state index < -0.39 is 0 Å². The lowest BCUT2D eigenvalue weighted by atomic mass is 9.88. The third-order valence-electron chi connectivity index (χ3n) is 3.00. The number of fused-ring (bicyclic) bond motifs is 1. The van der Waals surface area contributed by atoms with E-state index in [9.17, 15) is 0 Å². The summed E-state index contributed by atoms with van der Waals surface area (Å²) in [5.74, 6) is 0. The van der Waals surface area contributed by atoms with Crippen molar-refractivity contribution in [2.45, 2.75) is 33.7 Å². The van der Waals surface area contributed by atoms with E-state index in [0.29, 0.717) is 6.04 Å². The molecule has 2 N–H and O–H groups in total. The molecule has 1 aromatic carbocycles. The Bertz CT molecular complexity index is 481. The monoisotopic (exact) mass is 218 g/mol. The van der Waals surface area contributed by atoms with Gasteiger partial charge in [0.1, 0.15) is 11.0 Å². The molecule has 1 atom stereocenters. The Morgan fingerprint density at radius 2 is 1.88 bits per heavy atom. The minimum Gasteiger partial charge on any atom is -0.382 e. The first-order valence-corrected chi connectivity index (χ1v) is 5.54. The van der Waals surface area contributed by atoms with Crippen LogP contribution in [0.1, 0.15) is 27.7 Å². The maximum absolute atomic E-state index is 4.07. The Morgan fingerprint density at radius 3 is 2.56 bits per heavy atom. The highest BCUT2D eigenvalue weighted by Crippen LogP contribution is 2.23. The van der Waals surface area contributed by atoms with E-state index in [-0.39, 0.29) is 5.41 Å². The number of H-pyrrole nitrogens is 1. The van der Waals surface area contributed by atoms with Gasteiger partial charge in [-0.1, -0.05) is 20.8 Å². The third kappa shape index (κ3) is 2.15. The maximum Gasteiger partial charge on any atom is 0.115 e. The van der Waals surface area contributed by atoms with Gasteiger partial charge in [-0.05, 0) is 30.5 Å². The van der Waals surface area contributed by atoms with Gasteiger partial charge in [-0.2, -0.15) is 15.4 Å². The van der Waals surface area contributed by atoms with Crippen LogP contribution in [-0.2, 0) is 0 Å². The summed E-state index contributed by atoms with van der Waals surface area (Å²) in [5.41, 5.74) is 3.11. The number of rotatable bonds is 2. The van der Waals surface area contributed by atoms with Crippen molar-refractivity contribution >= 4 is 16.7 Å². The number of anilines is 1. The standard InChI is InChI=1S/C12H18N4/c1-8(12(2,3)4)13-9-5-6-10-11(7-9)15-16-14-10/h5-8,13H,1-4H3,(H,14,15,16). The topological polar surface area (TPSA) is 53.6 Å². The molecular weight excluding hydrogens is 200 g/mol. The Hall–Kier alpha value is -1.58. The molecule has 0 bridgehead atoms. The number of nitrogens with zero attached hydrogens (tertiary/aromatic N) is 2. The van der Waals surface area contributed by atoms with Gasteiger partial charge in [0.05, 0.1) is 0 Å². The highest BCUT2D eigenvalue weighted by Gasteiger charge is 2.19. The predicted molar refractivity (Wildman–Crippen MR) is 66.4 cm³/mol. The maximum atomic E-state index is 4.07. The first-order chi connectivity index (χ1) is 7.47. The Labute approximate surface area is 95.4 Å². The van der Waals surface area contributed by atoms with Gasteiger partial charge in [0, 0.05) is 11.7 Å². The summed E-state index contributed by atoms with van der Waals surface area (Å²) in [7, 11) is 0. The van der Waals surface area contributed by atoms with Crippen LogP contribution in [0.3, 0.4) is 0 Å². The molecular formula is C12H18N4. The zero-order valence-corrected chi connectivity index (χ0v) is 10.2. The van der Waals surface area contributed by atoms with Crippen LogP contribution in [0.15, 0.2) is 18.2 Å². The van der Waals surface area contributed by atoms with Gasteiger partial charge in [-0.15, -0.1) is 0 Å². The van der Waals surface area contributed by atoms with E-state index in [2.05, 4.69) is 48.4 Å². The summed E-state index contributed by atoms with van der Waals surface area (Å²) in [6.07, 6.45) is 0. The summed E-state index contributed by atoms with van der Waals surface area (Å²) < 4.78 is 0. The molecule has 1 unspecified atom stereocenters. The van der Waals surface area contributed by atoms with Crippen LogP contribution in [0.25, 0.3) is 11.0 Å². The lowest BCUT2D eigenvalue weighted by molar-refractivity contribution is 0.359. The zero-order chi connectivity index (χ0) is 11.8. The van der Waals surface area contributed by atoms with Gasteiger partial charge in [-0.25, -0.2) is 0 Å². The van der Waals surface area contributed by atoms with Crippen LogP contribution >= 0.6 is 0 Å². The first kappa shape index (κ1) is 10.9. The van der Waals surface area contributed by atoms with Crippen LogP contribution in [0, 0.1) is 5.41 Å². The molecule has 2 aromatic rings. The zero-order valence-electron chi connectivity index (χ0n) is 10.2. The Balaban J connectivity index is 2.21. The summed E-state index contributed by atoms with van der Waals surface area (Å²) in [6.45, 7) is 8.85. The number of benzene rings is 1. The summed E-state index contributed by atoms with van der Waals surface area (Å²) in [5, 5.41) is 14.2. The minimum absolute atomic E-state index is 0.235. The summed E-state index contributed by atoms with van der Waals surface area (Å²) in [4.78, 5) is 0. The number of aromatic nitrogens is 3. The summed E-state index contributed by atoms with van der Waals surface area (Å²) >= 11 is 0. The fraction of sp³-hybridized carbons (Fsp3) is 0.500. The fourth-order valence-corrected chi connectivity index (χ4v) is 1.40. The highest BCUT2D eigenvalue weighted by atomic mass is 15.3. The van der Waals surface area contributed by atoms with Crippen molar-refractivity contribution < 1.29 is 0 Å². The average molecular weight is 218 g/mol. The Morgan fingerprint density at radius 1 is 1.19 bits per heavy atom. The van der Waals surface area contributed by atoms with Crippen LogP contribution in [0.2, 0.25) is 0 Å². The summed E-state index contributed by atoms with van der Waals surface area (Å²) in [6, 6.07) is 6.42. The number of nitrogens with one attached hydrogen (secondary N) is 2. The SMILES string of the molecule is CC(Nc1ccc2n[nH]nc2c1)C(C)(C)C. The molecule has 0 saturated carbocycles. The number of hydrogen-bond donors (Lipinski definition) is 2. The van der Waals surface area contributed by atoms with Crippen LogP contribution < -0.4 is 5.32 Å². The lowest BCUT2D eigenvalue weighted by Gasteiger charge is -2.29. The molecule has 0 aliphatic rings. The molecule has 0 amide bonds. The van der Waals surface area contributed by atoms with Crippen LogP contribution in [0.4, 0.5) is 5.69 Å². The van der Waals surface area contributed by atoms with Crippen molar-refractivity contribution in [2.75, 3.05) is 5.32 Å². The van der Waals surface area contributed by atoms with Gasteiger partial charge >= 0.3 is 0 Å². The third-order valence-corrected chi connectivity index (χ3v) is 3.00. The highest BCUT2D eigenvalue weighted by molar-refractivity contribution is 5.77. The average Bonchev–Trinajstić information content (AvgIpc) is 2.63. The number of aromatic amines is 1. The molecule has 4 heteroatoms. The van der Waals surface area contributed by atoms with Crippen molar-refractivity contribution in [1.82, 2.24) is 15.4 Å². The molecule has 0 fully saturated rings. The molecule has 0 saturated heterocycles. The van der Waals surface area contributed by atoms with E-state index in [1.54, 1.807) is 0 Å². The van der Waals surface area contributed by atoms with E-state index in [0.717, 1.165) is 16.7 Å². The molecule has 2 rings (SSSR count). The van der Waals surface area contributed by atoms with Gasteiger partial charge in [-0.3, -0.25) is 0 Å². The molecule has 1 heterocycles. The molecule has 1 aromatic heterocycles. The second kappa shape index (κ2) is 3.77. The molecule has 4 nitrogen and oxygen atoms in total. The quantitative estimate of drug-likeness (QED) is 0.815. The van der Waals surface area contributed by atoms with Crippen LogP contribution in [-0.4, -0.2) is 21.5 Å². The lowest BCUT2D eigenvalue weighted by Crippen LogP contribution is -2.30. The van der Waals surface area contributed by atoms with Crippen molar-refractivity contribution in [1.29, 1.82) is 0 Å². The molecule has 0 aliphatic heterocycles. The Kier molecular flexibility index (Phi) is 2.58. The van der Waals surface area contributed by atoms with Crippen molar-refractivity contribution in [2.24, 2.45) is 5.41 Å². The first-order valence-electron chi connectivity index (χ1n) is 5.54. The molecule has 0 spiro atoms. The van der Waals surface area contributed by atoms with Crippen molar-refractivity contribution in [3.8, 4) is 0 Å². The van der Waals surface area contributed by atoms with Gasteiger partial charge < -0.3 is 5.32 Å². The second-order valence-electron chi connectivity index (χ2n) is 5.26. The predicted octanol–water partition coefficient (Wildman–Crippen LogP) is 2.80. The molecule has 16 heavy (non-hydrogen) atoms. The largest absolute Gasteiger partial charge is 0.382 e. The van der Waals surface area contributed by atoms with Crippen LogP contribution in [0.5, 0.6) is 0 Å². The smallest absolute Gasteiger partial charge is 0.115 e. The molecule has 86 valence electrons. The molecule has 0 aliphatic carbocycles. The van der Waals surface area contributed by atoms with Crippen molar-refractivity contribution in [3.63, 3.8) is 0 Å². The normalized spacial score (nSPS) is 14.0. The van der Waals surface area contributed by atoms with Gasteiger partial charge in [0.25, 0.3) is 0 Å². The fourth-order valence-electron chi connectivity index (χ4n) is 1.40. The van der Waals surface area contributed by atoms with E-state index in [4.69, 9.17) is 0 Å². The van der Waals surface area contributed by atoms with E-state index in [1.165, 1.54) is 0 Å². The van der Waals surface area contributed by atoms with Gasteiger partial charge in [0.15, 0.2) is 0 Å². The number of hydrogen-bond acceptors (Lipinski definition) is 3. The van der Waals surface area contributed by atoms with E-state index >= 15 is 0 Å². The van der Waals surface area contributed by atoms with Gasteiger partial charge in [0.2, 0.25) is 0 Å². The second-order valence-corrected chi connectivity index (χ2v) is 5.26. The van der Waals surface area contributed by atoms with Crippen molar-refractivity contribution in [3.05, 3.63) is 18.2 Å². The van der Waals surface area contributed by atoms with E-state index in [1.807, 2.05) is 18.2 Å².